The topological polar surface area (TPSA) is 70.8 Å². The van der Waals surface area contributed by atoms with Crippen molar-refractivity contribution < 1.29 is 23.4 Å². The van der Waals surface area contributed by atoms with Crippen molar-refractivity contribution in [3.05, 3.63) is 70.9 Å². The zero-order valence-electron chi connectivity index (χ0n) is 18.3. The van der Waals surface area contributed by atoms with Gasteiger partial charge in [-0.2, -0.15) is 0 Å². The Morgan fingerprint density at radius 3 is 2.72 bits per heavy atom. The van der Waals surface area contributed by atoms with Crippen LogP contribution in [0.3, 0.4) is 0 Å². The van der Waals surface area contributed by atoms with Crippen molar-refractivity contribution in [3.8, 4) is 17.2 Å². The van der Waals surface area contributed by atoms with Crippen molar-refractivity contribution in [3.63, 3.8) is 0 Å². The van der Waals surface area contributed by atoms with E-state index in [0.29, 0.717) is 25.5 Å². The van der Waals surface area contributed by atoms with Crippen LogP contribution >= 0.6 is 11.3 Å². The Kier molecular flexibility index (Phi) is 6.87. The van der Waals surface area contributed by atoms with Gasteiger partial charge in [0.15, 0.2) is 6.10 Å². The van der Waals surface area contributed by atoms with Gasteiger partial charge in [-0.25, -0.2) is 9.78 Å². The Labute approximate surface area is 190 Å². The lowest BCUT2D eigenvalue weighted by Gasteiger charge is -2.14. The van der Waals surface area contributed by atoms with Gasteiger partial charge in [0.25, 0.3) is 0 Å². The molecule has 0 aliphatic heterocycles. The van der Waals surface area contributed by atoms with E-state index in [-0.39, 0.29) is 5.97 Å². The average Bonchev–Trinajstić information content (AvgIpc) is 3.41. The van der Waals surface area contributed by atoms with Crippen LogP contribution in [0.5, 0.6) is 5.75 Å². The van der Waals surface area contributed by atoms with Gasteiger partial charge in [0.1, 0.15) is 23.8 Å². The molecular formula is C25H25NO5S. The van der Waals surface area contributed by atoms with Gasteiger partial charge in [0.05, 0.1) is 11.8 Å². The number of ether oxygens (including phenoxy) is 3. The molecule has 166 valence electrons. The Balaban J connectivity index is 1.53. The van der Waals surface area contributed by atoms with E-state index in [4.69, 9.17) is 18.6 Å². The summed E-state index contributed by atoms with van der Waals surface area (Å²) in [5.41, 5.74) is 2.73. The number of carbonyl (C=O) groups excluding carboxylic acids is 1. The van der Waals surface area contributed by atoms with E-state index < -0.39 is 6.10 Å². The Morgan fingerprint density at radius 2 is 1.97 bits per heavy atom. The second-order valence-electron chi connectivity index (χ2n) is 7.24. The molecule has 0 bridgehead atoms. The first-order valence-electron chi connectivity index (χ1n) is 10.4. The van der Waals surface area contributed by atoms with Gasteiger partial charge in [0, 0.05) is 18.6 Å². The van der Waals surface area contributed by atoms with Gasteiger partial charge < -0.3 is 18.6 Å². The Bertz CT molecular complexity index is 1200. The number of aromatic nitrogens is 1. The maximum Gasteiger partial charge on any atom is 0.335 e. The third-order valence-electron chi connectivity index (χ3n) is 5.16. The minimum Gasteiger partial charge on any atom is -0.486 e. The van der Waals surface area contributed by atoms with Crippen LogP contribution in [0, 0.1) is 6.92 Å². The van der Waals surface area contributed by atoms with E-state index in [0.717, 1.165) is 38.4 Å². The van der Waals surface area contributed by atoms with Gasteiger partial charge in [-0.1, -0.05) is 30.3 Å². The number of benzene rings is 2. The van der Waals surface area contributed by atoms with Crippen molar-refractivity contribution in [1.29, 1.82) is 0 Å². The number of esters is 1. The predicted octanol–water partition coefficient (Wildman–Crippen LogP) is 5.56. The van der Waals surface area contributed by atoms with Crippen LogP contribution in [0.25, 0.3) is 21.5 Å². The standard InChI is InChI=1S/C25H25NO5S/c1-4-29-22(25(27)28-3)13-18-15-32-23-19(18)11-8-12-21(23)30-14-20-16(2)31-24(26-20)17-9-6-5-7-10-17/h5-12,15,22H,4,13-14H2,1-3H3. The van der Waals surface area contributed by atoms with E-state index >= 15 is 0 Å². The molecule has 2 heterocycles. The van der Waals surface area contributed by atoms with Crippen LogP contribution in [0.2, 0.25) is 0 Å². The summed E-state index contributed by atoms with van der Waals surface area (Å²) in [6.07, 6.45) is -0.172. The molecule has 0 amide bonds. The summed E-state index contributed by atoms with van der Waals surface area (Å²) in [4.78, 5) is 16.7. The molecule has 0 fully saturated rings. The monoisotopic (exact) mass is 451 g/mol. The first-order valence-corrected chi connectivity index (χ1v) is 11.3. The zero-order chi connectivity index (χ0) is 22.5. The number of hydrogen-bond donors (Lipinski definition) is 0. The molecule has 32 heavy (non-hydrogen) atoms. The van der Waals surface area contributed by atoms with Gasteiger partial charge in [-0.3, -0.25) is 0 Å². The highest BCUT2D eigenvalue weighted by Crippen LogP contribution is 2.35. The molecule has 1 unspecified atom stereocenters. The van der Waals surface area contributed by atoms with Crippen LogP contribution in [0.4, 0.5) is 0 Å². The average molecular weight is 452 g/mol. The fourth-order valence-corrected chi connectivity index (χ4v) is 4.56. The summed E-state index contributed by atoms with van der Waals surface area (Å²) in [6, 6.07) is 15.7. The summed E-state index contributed by atoms with van der Waals surface area (Å²) in [5.74, 6) is 1.73. The number of hydrogen-bond acceptors (Lipinski definition) is 7. The van der Waals surface area contributed by atoms with E-state index in [1.54, 1.807) is 11.3 Å². The largest absolute Gasteiger partial charge is 0.486 e. The smallest absolute Gasteiger partial charge is 0.335 e. The fraction of sp³-hybridized carbons (Fsp3) is 0.280. The Hall–Kier alpha value is -3.16. The highest BCUT2D eigenvalue weighted by Gasteiger charge is 2.22. The number of methoxy groups -OCH3 is 1. The van der Waals surface area contributed by atoms with E-state index in [1.165, 1.54) is 7.11 Å². The van der Waals surface area contributed by atoms with Crippen molar-refractivity contribution in [1.82, 2.24) is 4.98 Å². The highest BCUT2D eigenvalue weighted by molar-refractivity contribution is 7.17. The molecule has 0 saturated heterocycles. The molecule has 7 heteroatoms. The third-order valence-corrected chi connectivity index (χ3v) is 6.22. The second-order valence-corrected chi connectivity index (χ2v) is 8.12. The summed E-state index contributed by atoms with van der Waals surface area (Å²) in [5, 5.41) is 3.09. The molecule has 0 saturated carbocycles. The van der Waals surface area contributed by atoms with Gasteiger partial charge in [0.2, 0.25) is 5.89 Å². The molecule has 1 atom stereocenters. The second kappa shape index (κ2) is 9.97. The molecule has 4 aromatic rings. The number of aryl methyl sites for hydroxylation is 1. The third kappa shape index (κ3) is 4.69. The minimum absolute atomic E-state index is 0.304. The lowest BCUT2D eigenvalue weighted by atomic mass is 10.1. The quantitative estimate of drug-likeness (QED) is 0.310. The van der Waals surface area contributed by atoms with E-state index in [1.807, 2.05) is 67.8 Å². The molecule has 0 radical (unpaired) electrons. The predicted molar refractivity (Wildman–Crippen MR) is 124 cm³/mol. The van der Waals surface area contributed by atoms with Crippen molar-refractivity contribution in [2.24, 2.45) is 0 Å². The first-order chi connectivity index (χ1) is 15.6. The molecular weight excluding hydrogens is 426 g/mol. The summed E-state index contributed by atoms with van der Waals surface area (Å²) in [7, 11) is 1.38. The first kappa shape index (κ1) is 22.0. The van der Waals surface area contributed by atoms with Crippen LogP contribution < -0.4 is 4.74 Å². The number of fused-ring (bicyclic) bond motifs is 1. The normalized spacial score (nSPS) is 12.1. The zero-order valence-corrected chi connectivity index (χ0v) is 19.1. The SMILES string of the molecule is CCOC(Cc1csc2c(OCc3nc(-c4ccccc4)oc3C)cccc12)C(=O)OC. The minimum atomic E-state index is -0.624. The van der Waals surface area contributed by atoms with Crippen LogP contribution in [-0.4, -0.2) is 30.8 Å². The van der Waals surface area contributed by atoms with Gasteiger partial charge >= 0.3 is 5.97 Å². The number of nitrogens with zero attached hydrogens (tertiary/aromatic N) is 1. The molecule has 2 aromatic heterocycles. The molecule has 4 rings (SSSR count). The van der Waals surface area contributed by atoms with Crippen LogP contribution in [-0.2, 0) is 27.3 Å². The van der Waals surface area contributed by atoms with Gasteiger partial charge in [-0.05, 0) is 48.4 Å². The van der Waals surface area contributed by atoms with Crippen molar-refractivity contribution >= 4 is 27.4 Å². The molecule has 0 aliphatic rings. The van der Waals surface area contributed by atoms with Crippen LogP contribution in [0.15, 0.2) is 58.3 Å². The van der Waals surface area contributed by atoms with Crippen molar-refractivity contribution in [2.75, 3.05) is 13.7 Å². The summed E-state index contributed by atoms with van der Waals surface area (Å²) < 4.78 is 23.5. The molecule has 0 aliphatic carbocycles. The number of carbonyl (C=O) groups is 1. The van der Waals surface area contributed by atoms with Crippen LogP contribution in [0.1, 0.15) is 23.9 Å². The number of rotatable bonds is 9. The summed E-state index contributed by atoms with van der Waals surface area (Å²) >= 11 is 1.58. The summed E-state index contributed by atoms with van der Waals surface area (Å²) in [6.45, 7) is 4.50. The molecule has 2 aromatic carbocycles. The van der Waals surface area contributed by atoms with Crippen molar-refractivity contribution in [2.45, 2.75) is 33.0 Å². The molecule has 6 nitrogen and oxygen atoms in total. The highest BCUT2D eigenvalue weighted by atomic mass is 32.1. The molecule has 0 N–H and O–H groups in total. The maximum absolute atomic E-state index is 12.0. The Morgan fingerprint density at radius 1 is 1.16 bits per heavy atom. The fourth-order valence-electron chi connectivity index (χ4n) is 3.51. The van der Waals surface area contributed by atoms with E-state index in [9.17, 15) is 4.79 Å². The number of oxazole rings is 1. The lowest BCUT2D eigenvalue weighted by Crippen LogP contribution is -2.27. The van der Waals surface area contributed by atoms with Gasteiger partial charge in [-0.15, -0.1) is 11.3 Å². The maximum atomic E-state index is 12.0. The molecule has 0 spiro atoms. The van der Waals surface area contributed by atoms with E-state index in [2.05, 4.69) is 4.98 Å². The lowest BCUT2D eigenvalue weighted by molar-refractivity contribution is -0.153. The number of thiophene rings is 1.